The van der Waals surface area contributed by atoms with Crippen LogP contribution in [0.3, 0.4) is 0 Å². The van der Waals surface area contributed by atoms with Gasteiger partial charge in [-0.2, -0.15) is 0 Å². The average Bonchev–Trinajstić information content (AvgIpc) is 3.04. The van der Waals surface area contributed by atoms with Gasteiger partial charge in [-0.3, -0.25) is 9.69 Å². The van der Waals surface area contributed by atoms with Crippen molar-refractivity contribution in [2.75, 3.05) is 19.6 Å². The molecule has 1 saturated carbocycles. The van der Waals surface area contributed by atoms with E-state index < -0.39 is 5.54 Å². The zero-order valence-corrected chi connectivity index (χ0v) is 15.0. The van der Waals surface area contributed by atoms with E-state index in [0.717, 1.165) is 25.9 Å². The van der Waals surface area contributed by atoms with Crippen molar-refractivity contribution in [1.29, 1.82) is 0 Å². The van der Waals surface area contributed by atoms with E-state index in [-0.39, 0.29) is 48.5 Å². The molecule has 2 fully saturated rings. The van der Waals surface area contributed by atoms with Crippen LogP contribution in [0.1, 0.15) is 40.5 Å². The Balaban J connectivity index is 0.00000200. The van der Waals surface area contributed by atoms with Crippen LogP contribution in [0.2, 0.25) is 0 Å². The van der Waals surface area contributed by atoms with Crippen molar-refractivity contribution < 1.29 is 9.53 Å². The summed E-state index contributed by atoms with van der Waals surface area (Å²) >= 11 is 0. The fourth-order valence-corrected chi connectivity index (χ4v) is 2.62. The quantitative estimate of drug-likeness (QED) is 0.809. The lowest BCUT2D eigenvalue weighted by Crippen LogP contribution is -2.59. The molecule has 2 atom stereocenters. The maximum atomic E-state index is 11.9. The number of hydrogen-bond acceptors (Lipinski definition) is 4. The van der Waals surface area contributed by atoms with Crippen LogP contribution in [0.5, 0.6) is 0 Å². The Kier molecular flexibility index (Phi) is 7.44. The predicted molar refractivity (Wildman–Crippen MR) is 89.3 cm³/mol. The number of halogens is 2. The van der Waals surface area contributed by atoms with Crippen molar-refractivity contribution in [3.8, 4) is 0 Å². The van der Waals surface area contributed by atoms with Crippen LogP contribution in [0.4, 0.5) is 0 Å². The Labute approximate surface area is 140 Å². The summed E-state index contributed by atoms with van der Waals surface area (Å²) in [5.74, 6) is -0.00469. The summed E-state index contributed by atoms with van der Waals surface area (Å²) in [6.07, 6.45) is 2.10. The minimum absolute atomic E-state index is 0. The fourth-order valence-electron chi connectivity index (χ4n) is 2.62. The number of carbonyl (C=O) groups excluding carboxylic acids is 1. The lowest BCUT2D eigenvalue weighted by Gasteiger charge is -2.45. The number of nitrogens with two attached hydrogens (primary N) is 1. The van der Waals surface area contributed by atoms with E-state index in [2.05, 4.69) is 37.9 Å². The Hall–Kier alpha value is -0.0700. The minimum atomic E-state index is -0.582. The second-order valence-electron chi connectivity index (χ2n) is 6.81. The third kappa shape index (κ3) is 5.25. The molecule has 1 heterocycles. The molecular weight excluding hydrogens is 313 g/mol. The van der Waals surface area contributed by atoms with E-state index in [0.29, 0.717) is 6.54 Å². The van der Waals surface area contributed by atoms with Gasteiger partial charge in [0.2, 0.25) is 5.91 Å². The van der Waals surface area contributed by atoms with Gasteiger partial charge in [0, 0.05) is 25.2 Å². The normalized spacial score (nSPS) is 28.0. The fraction of sp³-hybridized carbons (Fsp3) is 0.929. The number of ether oxygens (including phenoxy) is 1. The van der Waals surface area contributed by atoms with E-state index in [1.165, 1.54) is 0 Å². The van der Waals surface area contributed by atoms with Gasteiger partial charge >= 0.3 is 0 Å². The van der Waals surface area contributed by atoms with Crippen LogP contribution in [0.15, 0.2) is 0 Å². The molecule has 21 heavy (non-hydrogen) atoms. The molecule has 3 N–H and O–H groups in total. The molecule has 1 aliphatic carbocycles. The van der Waals surface area contributed by atoms with Crippen molar-refractivity contribution >= 4 is 30.7 Å². The monoisotopic (exact) mass is 341 g/mol. The van der Waals surface area contributed by atoms with Gasteiger partial charge in [0.1, 0.15) is 0 Å². The van der Waals surface area contributed by atoms with Crippen LogP contribution >= 0.6 is 24.8 Å². The Bertz CT molecular complexity index is 352. The average molecular weight is 342 g/mol. The number of nitrogens with zero attached hydrogens (tertiary/aromatic N) is 1. The molecule has 2 rings (SSSR count). The van der Waals surface area contributed by atoms with E-state index >= 15 is 0 Å². The lowest BCUT2D eigenvalue weighted by molar-refractivity contribution is -0.125. The van der Waals surface area contributed by atoms with Crippen molar-refractivity contribution in [1.82, 2.24) is 10.2 Å². The Morgan fingerprint density at radius 3 is 2.19 bits per heavy atom. The van der Waals surface area contributed by atoms with E-state index in [1.54, 1.807) is 0 Å². The van der Waals surface area contributed by atoms with Gasteiger partial charge in [0.05, 0.1) is 17.7 Å². The number of rotatable bonds is 4. The highest BCUT2D eigenvalue weighted by Crippen LogP contribution is 2.32. The van der Waals surface area contributed by atoms with Crippen LogP contribution < -0.4 is 11.1 Å². The summed E-state index contributed by atoms with van der Waals surface area (Å²) in [6.45, 7) is 10.9. The van der Waals surface area contributed by atoms with E-state index in [1.807, 2.05) is 0 Å². The largest absolute Gasteiger partial charge is 0.373 e. The van der Waals surface area contributed by atoms with Crippen molar-refractivity contribution in [2.24, 2.45) is 5.73 Å². The number of morpholine rings is 1. The van der Waals surface area contributed by atoms with Gasteiger partial charge in [-0.25, -0.2) is 0 Å². The first-order valence-corrected chi connectivity index (χ1v) is 7.21. The maximum absolute atomic E-state index is 11.9. The third-order valence-corrected chi connectivity index (χ3v) is 4.20. The molecule has 1 aliphatic heterocycles. The number of amides is 1. The van der Waals surface area contributed by atoms with Gasteiger partial charge < -0.3 is 15.8 Å². The lowest BCUT2D eigenvalue weighted by atomic mass is 10.00. The van der Waals surface area contributed by atoms with Crippen molar-refractivity contribution in [3.05, 3.63) is 0 Å². The molecule has 0 aromatic heterocycles. The van der Waals surface area contributed by atoms with Crippen molar-refractivity contribution in [2.45, 2.75) is 63.8 Å². The Morgan fingerprint density at radius 2 is 1.76 bits per heavy atom. The number of carbonyl (C=O) groups is 1. The maximum Gasteiger partial charge on any atom is 0.240 e. The summed E-state index contributed by atoms with van der Waals surface area (Å²) in [5.41, 5.74) is 5.24. The molecule has 2 unspecified atom stereocenters. The number of hydrogen-bond donors (Lipinski definition) is 2. The first-order valence-electron chi connectivity index (χ1n) is 7.21. The molecule has 1 saturated heterocycles. The number of nitrogens with one attached hydrogen (secondary N) is 1. The zero-order valence-electron chi connectivity index (χ0n) is 13.3. The predicted octanol–water partition coefficient (Wildman–Crippen LogP) is 1.33. The summed E-state index contributed by atoms with van der Waals surface area (Å²) < 4.78 is 5.75. The second kappa shape index (κ2) is 7.47. The van der Waals surface area contributed by atoms with Crippen LogP contribution in [0, 0.1) is 0 Å². The van der Waals surface area contributed by atoms with Crippen LogP contribution in [0.25, 0.3) is 0 Å². The molecular formula is C14H29Cl2N3O2. The summed E-state index contributed by atoms with van der Waals surface area (Å²) in [7, 11) is 0. The molecule has 126 valence electrons. The zero-order chi connectivity index (χ0) is 14.3. The third-order valence-electron chi connectivity index (χ3n) is 4.20. The highest BCUT2D eigenvalue weighted by atomic mass is 35.5. The van der Waals surface area contributed by atoms with Gasteiger partial charge in [-0.15, -0.1) is 24.8 Å². The molecule has 0 bridgehead atoms. The first-order chi connectivity index (χ1) is 8.73. The molecule has 7 heteroatoms. The minimum Gasteiger partial charge on any atom is -0.373 e. The molecule has 2 aliphatic rings. The molecule has 0 spiro atoms. The Morgan fingerprint density at radius 1 is 1.29 bits per heavy atom. The van der Waals surface area contributed by atoms with Gasteiger partial charge in [-0.05, 0) is 40.5 Å². The van der Waals surface area contributed by atoms with Gasteiger partial charge in [0.25, 0.3) is 0 Å². The van der Waals surface area contributed by atoms with Gasteiger partial charge in [0.15, 0.2) is 0 Å². The van der Waals surface area contributed by atoms with Crippen LogP contribution in [-0.4, -0.2) is 53.7 Å². The van der Waals surface area contributed by atoms with Gasteiger partial charge in [-0.1, -0.05) is 0 Å². The first kappa shape index (κ1) is 20.9. The summed E-state index contributed by atoms with van der Waals surface area (Å²) in [5, 5.41) is 3.01. The smallest absolute Gasteiger partial charge is 0.240 e. The van der Waals surface area contributed by atoms with E-state index in [9.17, 15) is 4.79 Å². The van der Waals surface area contributed by atoms with Crippen molar-refractivity contribution in [3.63, 3.8) is 0 Å². The SMILES string of the molecule is CC1CN(C(C)(C)CNC(=O)C2(N)CC2)CC(C)O1.Cl.Cl. The molecule has 1 amide bonds. The van der Waals surface area contributed by atoms with E-state index in [4.69, 9.17) is 10.5 Å². The van der Waals surface area contributed by atoms with Crippen LogP contribution in [-0.2, 0) is 9.53 Å². The molecule has 0 aromatic carbocycles. The summed E-state index contributed by atoms with van der Waals surface area (Å²) in [4.78, 5) is 14.3. The molecule has 0 aromatic rings. The highest BCUT2D eigenvalue weighted by Gasteiger charge is 2.46. The molecule has 5 nitrogen and oxygen atoms in total. The highest BCUT2D eigenvalue weighted by molar-refractivity contribution is 5.89. The topological polar surface area (TPSA) is 67.6 Å². The summed E-state index contributed by atoms with van der Waals surface area (Å²) in [6, 6.07) is 0. The standard InChI is InChI=1S/C14H27N3O2.2ClH/c1-10-7-17(8-11(2)19-10)13(3,4)9-16-12(18)14(15)5-6-14;;/h10-11H,5-9,15H2,1-4H3,(H,16,18);2*1H. The molecule has 0 radical (unpaired) electrons. The second-order valence-corrected chi connectivity index (χ2v) is 6.81.